The maximum atomic E-state index is 13.1. The molecule has 104 valence electrons. The average Bonchev–Trinajstić information content (AvgIpc) is 2.43. The highest BCUT2D eigenvalue weighted by Gasteiger charge is 2.26. The van der Waals surface area contributed by atoms with Crippen LogP contribution in [0, 0.1) is 17.5 Å². The van der Waals surface area contributed by atoms with Crippen LogP contribution in [0.25, 0.3) is 0 Å². The molecule has 1 atom stereocenters. The number of alkyl halides is 1. The second kappa shape index (κ2) is 5.82. The quantitative estimate of drug-likeness (QED) is 0.604. The fraction of sp³-hybridized carbons (Fsp3) is 0.462. The minimum Gasteiger partial charge on any atom is -0.341 e. The van der Waals surface area contributed by atoms with E-state index in [1.165, 1.54) is 0 Å². The Morgan fingerprint density at radius 2 is 1.63 bits per heavy atom. The molecule has 1 fully saturated rings. The molecular formula is C13H13ClF3NO. The monoisotopic (exact) mass is 291 g/mol. The van der Waals surface area contributed by atoms with Crippen molar-refractivity contribution in [3.05, 3.63) is 35.1 Å². The molecule has 1 aromatic carbocycles. The third-order valence-corrected chi connectivity index (χ3v) is 3.62. The second-order valence-electron chi connectivity index (χ2n) is 4.55. The van der Waals surface area contributed by atoms with Crippen molar-refractivity contribution in [2.24, 2.45) is 0 Å². The van der Waals surface area contributed by atoms with Gasteiger partial charge in [-0.05, 0) is 37.0 Å². The molecule has 0 bridgehead atoms. The van der Waals surface area contributed by atoms with Crippen LogP contribution in [0.4, 0.5) is 13.2 Å². The van der Waals surface area contributed by atoms with E-state index >= 15 is 0 Å². The molecule has 0 spiro atoms. The van der Waals surface area contributed by atoms with Crippen LogP contribution in [0.2, 0.25) is 0 Å². The van der Waals surface area contributed by atoms with Crippen LogP contribution >= 0.6 is 11.6 Å². The van der Waals surface area contributed by atoms with Crippen molar-refractivity contribution in [3.8, 4) is 0 Å². The molecule has 1 aliphatic heterocycles. The Morgan fingerprint density at radius 3 is 2.16 bits per heavy atom. The number of rotatable bonds is 2. The first-order valence-electron chi connectivity index (χ1n) is 6.08. The van der Waals surface area contributed by atoms with E-state index in [1.807, 2.05) is 0 Å². The Kier molecular flexibility index (Phi) is 4.34. The van der Waals surface area contributed by atoms with Crippen LogP contribution in [0.15, 0.2) is 12.1 Å². The van der Waals surface area contributed by atoms with Gasteiger partial charge in [0.1, 0.15) is 5.38 Å². The van der Waals surface area contributed by atoms with Crippen molar-refractivity contribution in [1.82, 2.24) is 4.90 Å². The molecule has 0 saturated carbocycles. The minimum absolute atomic E-state index is 0.0614. The molecule has 2 rings (SSSR count). The largest absolute Gasteiger partial charge is 0.341 e. The lowest BCUT2D eigenvalue weighted by Crippen LogP contribution is -2.37. The van der Waals surface area contributed by atoms with Crippen molar-refractivity contribution in [2.75, 3.05) is 13.1 Å². The Bertz CT molecular complexity index is 466. The van der Waals surface area contributed by atoms with Crippen LogP contribution < -0.4 is 0 Å². The van der Waals surface area contributed by atoms with Gasteiger partial charge in [0.2, 0.25) is 5.91 Å². The number of piperidine rings is 1. The topological polar surface area (TPSA) is 20.3 Å². The lowest BCUT2D eigenvalue weighted by Gasteiger charge is -2.28. The van der Waals surface area contributed by atoms with Gasteiger partial charge in [-0.25, -0.2) is 13.2 Å². The number of amides is 1. The molecular weight excluding hydrogens is 279 g/mol. The summed E-state index contributed by atoms with van der Waals surface area (Å²) < 4.78 is 39.1. The predicted molar refractivity (Wildman–Crippen MR) is 65.3 cm³/mol. The molecule has 1 unspecified atom stereocenters. The van der Waals surface area contributed by atoms with Crippen molar-refractivity contribution in [3.63, 3.8) is 0 Å². The van der Waals surface area contributed by atoms with E-state index in [0.29, 0.717) is 13.1 Å². The van der Waals surface area contributed by atoms with Crippen LogP contribution in [-0.2, 0) is 4.79 Å². The summed E-state index contributed by atoms with van der Waals surface area (Å²) in [5.74, 6) is -4.64. The van der Waals surface area contributed by atoms with Gasteiger partial charge in [0.15, 0.2) is 17.5 Å². The van der Waals surface area contributed by atoms with Crippen LogP contribution in [0.1, 0.15) is 30.2 Å². The Morgan fingerprint density at radius 1 is 1.11 bits per heavy atom. The van der Waals surface area contributed by atoms with Gasteiger partial charge in [-0.2, -0.15) is 0 Å². The number of carbonyl (C=O) groups is 1. The zero-order valence-corrected chi connectivity index (χ0v) is 10.9. The van der Waals surface area contributed by atoms with Gasteiger partial charge in [0.05, 0.1) is 0 Å². The molecule has 19 heavy (non-hydrogen) atoms. The van der Waals surface area contributed by atoms with Gasteiger partial charge in [-0.3, -0.25) is 4.79 Å². The molecule has 0 radical (unpaired) electrons. The summed E-state index contributed by atoms with van der Waals surface area (Å²) in [4.78, 5) is 13.6. The van der Waals surface area contributed by atoms with Crippen molar-refractivity contribution >= 4 is 17.5 Å². The normalized spacial score (nSPS) is 17.4. The molecule has 0 aliphatic carbocycles. The van der Waals surface area contributed by atoms with Gasteiger partial charge in [-0.15, -0.1) is 11.6 Å². The van der Waals surface area contributed by atoms with Gasteiger partial charge in [-0.1, -0.05) is 0 Å². The highest BCUT2D eigenvalue weighted by Crippen LogP contribution is 2.27. The number of hydrogen-bond acceptors (Lipinski definition) is 1. The smallest absolute Gasteiger partial charge is 0.245 e. The fourth-order valence-electron chi connectivity index (χ4n) is 2.14. The molecule has 1 aromatic rings. The van der Waals surface area contributed by atoms with Crippen molar-refractivity contribution in [1.29, 1.82) is 0 Å². The third-order valence-electron chi connectivity index (χ3n) is 3.18. The molecule has 1 aliphatic rings. The first kappa shape index (κ1) is 14.2. The SMILES string of the molecule is O=C(C(Cl)c1cc(F)c(F)c(F)c1)N1CCCCC1. The summed E-state index contributed by atoms with van der Waals surface area (Å²) >= 11 is 5.94. The molecule has 6 heteroatoms. The van der Waals surface area contributed by atoms with Crippen molar-refractivity contribution < 1.29 is 18.0 Å². The average molecular weight is 292 g/mol. The van der Waals surface area contributed by atoms with E-state index in [0.717, 1.165) is 31.4 Å². The Hall–Kier alpha value is -1.23. The third kappa shape index (κ3) is 3.03. The van der Waals surface area contributed by atoms with E-state index in [2.05, 4.69) is 0 Å². The highest BCUT2D eigenvalue weighted by molar-refractivity contribution is 6.30. The first-order chi connectivity index (χ1) is 9.00. The maximum absolute atomic E-state index is 13.1. The zero-order valence-electron chi connectivity index (χ0n) is 10.1. The van der Waals surface area contributed by atoms with E-state index in [1.54, 1.807) is 4.90 Å². The molecule has 0 N–H and O–H groups in total. The highest BCUT2D eigenvalue weighted by atomic mass is 35.5. The van der Waals surface area contributed by atoms with Crippen LogP contribution in [0.5, 0.6) is 0 Å². The lowest BCUT2D eigenvalue weighted by molar-refractivity contribution is -0.131. The van der Waals surface area contributed by atoms with E-state index < -0.39 is 28.7 Å². The maximum Gasteiger partial charge on any atom is 0.245 e. The summed E-state index contributed by atoms with van der Waals surface area (Å²) in [6, 6.07) is 1.52. The number of nitrogens with zero attached hydrogens (tertiary/aromatic N) is 1. The zero-order chi connectivity index (χ0) is 14.0. The number of carbonyl (C=O) groups excluding carboxylic acids is 1. The first-order valence-corrected chi connectivity index (χ1v) is 6.51. The van der Waals surface area contributed by atoms with E-state index in [-0.39, 0.29) is 5.56 Å². The summed E-state index contributed by atoms with van der Waals surface area (Å²) in [5, 5.41) is -1.19. The minimum atomic E-state index is -1.56. The number of likely N-dealkylation sites (tertiary alicyclic amines) is 1. The lowest BCUT2D eigenvalue weighted by atomic mass is 10.1. The summed E-state index contributed by atoms with van der Waals surface area (Å²) in [5.41, 5.74) is -0.0614. The Balaban J connectivity index is 2.18. The van der Waals surface area contributed by atoms with Crippen LogP contribution in [-0.4, -0.2) is 23.9 Å². The molecule has 1 saturated heterocycles. The van der Waals surface area contributed by atoms with Gasteiger partial charge in [0, 0.05) is 13.1 Å². The molecule has 1 heterocycles. The molecule has 0 aromatic heterocycles. The predicted octanol–water partition coefficient (Wildman–Crippen LogP) is 3.40. The number of benzene rings is 1. The van der Waals surface area contributed by atoms with Gasteiger partial charge >= 0.3 is 0 Å². The molecule has 1 amide bonds. The van der Waals surface area contributed by atoms with E-state index in [9.17, 15) is 18.0 Å². The number of halogens is 4. The fourth-order valence-corrected chi connectivity index (χ4v) is 2.40. The van der Waals surface area contributed by atoms with Gasteiger partial charge < -0.3 is 4.90 Å². The van der Waals surface area contributed by atoms with E-state index in [4.69, 9.17) is 11.6 Å². The summed E-state index contributed by atoms with van der Waals surface area (Å²) in [6.45, 7) is 1.18. The standard InChI is InChI=1S/C13H13ClF3NO/c14-11(13(19)18-4-2-1-3-5-18)8-6-9(15)12(17)10(16)7-8/h6-7,11H,1-5H2. The van der Waals surface area contributed by atoms with Crippen LogP contribution in [0.3, 0.4) is 0 Å². The second-order valence-corrected chi connectivity index (χ2v) is 4.98. The van der Waals surface area contributed by atoms with Crippen molar-refractivity contribution in [2.45, 2.75) is 24.6 Å². The Labute approximate surface area is 114 Å². The van der Waals surface area contributed by atoms with Gasteiger partial charge in [0.25, 0.3) is 0 Å². The summed E-state index contributed by atoms with van der Waals surface area (Å²) in [6.07, 6.45) is 2.83. The molecule has 2 nitrogen and oxygen atoms in total. The summed E-state index contributed by atoms with van der Waals surface area (Å²) in [7, 11) is 0. The number of hydrogen-bond donors (Lipinski definition) is 0.